The number of halogens is 2. The van der Waals surface area contributed by atoms with Gasteiger partial charge in [-0.25, -0.2) is 4.99 Å². The summed E-state index contributed by atoms with van der Waals surface area (Å²) in [6.07, 6.45) is 1.90. The SMILES string of the molecule is CCN1C(=O)/C(=C\c2ccc(OCc3ccc(Cl)cc3)c(I)c2)SC1=Nc1ccc(OC)cc1. The van der Waals surface area contributed by atoms with Crippen LogP contribution in [0.4, 0.5) is 5.69 Å². The molecule has 4 rings (SSSR count). The van der Waals surface area contributed by atoms with E-state index >= 15 is 0 Å². The zero-order chi connectivity index (χ0) is 24.1. The van der Waals surface area contributed by atoms with Crippen LogP contribution in [0.2, 0.25) is 5.02 Å². The average Bonchev–Trinajstić information content (AvgIpc) is 3.13. The Morgan fingerprint density at radius 2 is 1.82 bits per heavy atom. The third kappa shape index (κ3) is 5.95. The van der Waals surface area contributed by atoms with Gasteiger partial charge in [0.1, 0.15) is 18.1 Å². The second-order valence-corrected chi connectivity index (χ2v) is 9.97. The maximum atomic E-state index is 13.0. The van der Waals surface area contributed by atoms with Gasteiger partial charge in [-0.3, -0.25) is 9.69 Å². The summed E-state index contributed by atoms with van der Waals surface area (Å²) in [7, 11) is 1.63. The van der Waals surface area contributed by atoms with Crippen molar-refractivity contribution in [1.29, 1.82) is 0 Å². The zero-order valence-electron chi connectivity index (χ0n) is 18.6. The molecular formula is C26H22ClIN2O3S. The van der Waals surface area contributed by atoms with Gasteiger partial charge in [-0.2, -0.15) is 0 Å². The molecule has 1 saturated heterocycles. The number of rotatable bonds is 7. The van der Waals surface area contributed by atoms with Crippen LogP contribution >= 0.6 is 46.0 Å². The molecule has 0 aromatic heterocycles. The maximum Gasteiger partial charge on any atom is 0.266 e. The monoisotopic (exact) mass is 604 g/mol. The Morgan fingerprint density at radius 3 is 2.47 bits per heavy atom. The quantitative estimate of drug-likeness (QED) is 0.212. The van der Waals surface area contributed by atoms with Crippen molar-refractivity contribution >= 4 is 68.8 Å². The maximum absolute atomic E-state index is 13.0. The molecule has 0 radical (unpaired) electrons. The molecule has 1 heterocycles. The van der Waals surface area contributed by atoms with E-state index in [1.807, 2.05) is 79.7 Å². The van der Waals surface area contributed by atoms with Gasteiger partial charge in [0.05, 0.1) is 21.3 Å². The van der Waals surface area contributed by atoms with E-state index in [9.17, 15) is 4.79 Å². The predicted molar refractivity (Wildman–Crippen MR) is 148 cm³/mol. The first-order chi connectivity index (χ1) is 16.5. The lowest BCUT2D eigenvalue weighted by atomic mass is 10.2. The largest absolute Gasteiger partial charge is 0.497 e. The summed E-state index contributed by atoms with van der Waals surface area (Å²) >= 11 is 9.57. The van der Waals surface area contributed by atoms with E-state index in [4.69, 9.17) is 21.1 Å². The summed E-state index contributed by atoms with van der Waals surface area (Å²) in [4.78, 5) is 20.0. The van der Waals surface area contributed by atoms with Gasteiger partial charge in [0.15, 0.2) is 5.17 Å². The molecule has 1 aliphatic rings. The van der Waals surface area contributed by atoms with Crippen LogP contribution < -0.4 is 9.47 Å². The van der Waals surface area contributed by atoms with Gasteiger partial charge in [0.2, 0.25) is 0 Å². The third-order valence-electron chi connectivity index (χ3n) is 5.06. The van der Waals surface area contributed by atoms with Crippen molar-refractivity contribution in [2.75, 3.05) is 13.7 Å². The molecule has 0 bridgehead atoms. The molecule has 0 saturated carbocycles. The average molecular weight is 605 g/mol. The minimum atomic E-state index is -0.0437. The van der Waals surface area contributed by atoms with Gasteiger partial charge in [0.25, 0.3) is 5.91 Å². The minimum Gasteiger partial charge on any atom is -0.497 e. The fourth-order valence-electron chi connectivity index (χ4n) is 3.25. The van der Waals surface area contributed by atoms with E-state index in [0.29, 0.717) is 28.2 Å². The standard InChI is InChI=1S/C26H22ClIN2O3S/c1-3-30-25(31)24(34-26(30)29-20-9-11-21(32-2)12-10-20)15-18-6-13-23(22(28)14-18)33-16-17-4-7-19(27)8-5-17/h4-15H,3,16H2,1-2H3/b24-15+,29-26?. The van der Waals surface area contributed by atoms with Gasteiger partial charge in [-0.1, -0.05) is 29.8 Å². The molecule has 34 heavy (non-hydrogen) atoms. The van der Waals surface area contributed by atoms with Crippen molar-refractivity contribution in [1.82, 2.24) is 4.90 Å². The third-order valence-corrected chi connectivity index (χ3v) is 7.16. The Bertz CT molecular complexity index is 1240. The highest BCUT2D eigenvalue weighted by Crippen LogP contribution is 2.35. The van der Waals surface area contributed by atoms with E-state index in [1.165, 1.54) is 11.8 Å². The molecule has 8 heteroatoms. The van der Waals surface area contributed by atoms with Crippen LogP contribution in [0.1, 0.15) is 18.1 Å². The molecule has 0 unspecified atom stereocenters. The van der Waals surface area contributed by atoms with Gasteiger partial charge < -0.3 is 9.47 Å². The number of methoxy groups -OCH3 is 1. The topological polar surface area (TPSA) is 51.1 Å². The summed E-state index contributed by atoms with van der Waals surface area (Å²) in [5.74, 6) is 1.51. The van der Waals surface area contributed by atoms with E-state index < -0.39 is 0 Å². The molecule has 174 valence electrons. The van der Waals surface area contributed by atoms with Crippen molar-refractivity contribution in [3.8, 4) is 11.5 Å². The van der Waals surface area contributed by atoms with Gasteiger partial charge >= 0.3 is 0 Å². The lowest BCUT2D eigenvalue weighted by molar-refractivity contribution is -0.122. The highest BCUT2D eigenvalue weighted by atomic mass is 127. The zero-order valence-corrected chi connectivity index (χ0v) is 22.4. The highest BCUT2D eigenvalue weighted by molar-refractivity contribution is 14.1. The number of amidine groups is 1. The molecule has 0 aliphatic carbocycles. The van der Waals surface area contributed by atoms with Crippen LogP contribution in [0.25, 0.3) is 6.08 Å². The first kappa shape index (κ1) is 24.6. The molecular weight excluding hydrogens is 583 g/mol. The predicted octanol–water partition coefficient (Wildman–Crippen LogP) is 7.16. The minimum absolute atomic E-state index is 0.0437. The summed E-state index contributed by atoms with van der Waals surface area (Å²) in [5.41, 5.74) is 2.75. The molecule has 1 amide bonds. The molecule has 3 aromatic carbocycles. The van der Waals surface area contributed by atoms with Crippen molar-refractivity contribution in [3.05, 3.63) is 91.4 Å². The number of hydrogen-bond donors (Lipinski definition) is 0. The first-order valence-corrected chi connectivity index (χ1v) is 12.8. The number of nitrogens with zero attached hydrogens (tertiary/aromatic N) is 2. The number of amides is 1. The van der Waals surface area contributed by atoms with Crippen LogP contribution in [0, 0.1) is 3.57 Å². The lowest BCUT2D eigenvalue weighted by Crippen LogP contribution is -2.28. The van der Waals surface area contributed by atoms with Crippen molar-refractivity contribution < 1.29 is 14.3 Å². The fourth-order valence-corrected chi connectivity index (χ4v) is 5.14. The smallest absolute Gasteiger partial charge is 0.266 e. The Labute approximate surface area is 222 Å². The van der Waals surface area contributed by atoms with E-state index in [2.05, 4.69) is 27.6 Å². The van der Waals surface area contributed by atoms with Gasteiger partial charge in [0, 0.05) is 11.6 Å². The van der Waals surface area contributed by atoms with Crippen LogP contribution in [0.3, 0.4) is 0 Å². The number of ether oxygens (including phenoxy) is 2. The van der Waals surface area contributed by atoms with Gasteiger partial charge in [-0.15, -0.1) is 0 Å². The molecule has 0 N–H and O–H groups in total. The Kier molecular flexibility index (Phi) is 8.18. The van der Waals surface area contributed by atoms with Crippen molar-refractivity contribution in [2.24, 2.45) is 4.99 Å². The molecule has 5 nitrogen and oxygen atoms in total. The summed E-state index contributed by atoms with van der Waals surface area (Å²) in [6, 6.07) is 20.9. The highest BCUT2D eigenvalue weighted by Gasteiger charge is 2.32. The van der Waals surface area contributed by atoms with Crippen molar-refractivity contribution in [3.63, 3.8) is 0 Å². The molecule has 0 atom stereocenters. The molecule has 1 fully saturated rings. The fraction of sp³-hybridized carbons (Fsp3) is 0.154. The second kappa shape index (κ2) is 11.3. The number of hydrogen-bond acceptors (Lipinski definition) is 5. The van der Waals surface area contributed by atoms with Crippen LogP contribution in [-0.4, -0.2) is 29.6 Å². The van der Waals surface area contributed by atoms with Crippen LogP contribution in [0.15, 0.2) is 76.6 Å². The Hall–Kier alpha value is -2.49. The normalized spacial score (nSPS) is 15.9. The summed E-state index contributed by atoms with van der Waals surface area (Å²) in [5, 5.41) is 1.37. The first-order valence-electron chi connectivity index (χ1n) is 10.6. The van der Waals surface area contributed by atoms with E-state index in [0.717, 1.165) is 31.9 Å². The van der Waals surface area contributed by atoms with Gasteiger partial charge in [-0.05, 0) is 107 Å². The second-order valence-electron chi connectivity index (χ2n) is 7.36. The summed E-state index contributed by atoms with van der Waals surface area (Å²) in [6.45, 7) is 2.95. The Balaban J connectivity index is 1.49. The number of carbonyl (C=O) groups excluding carboxylic acids is 1. The number of benzene rings is 3. The molecule has 3 aromatic rings. The van der Waals surface area contributed by atoms with E-state index in [1.54, 1.807) is 12.0 Å². The van der Waals surface area contributed by atoms with Crippen molar-refractivity contribution in [2.45, 2.75) is 13.5 Å². The summed E-state index contributed by atoms with van der Waals surface area (Å²) < 4.78 is 12.1. The molecule has 1 aliphatic heterocycles. The number of aliphatic imine (C=N–C) groups is 1. The molecule has 0 spiro atoms. The number of likely N-dealkylation sites (N-methyl/N-ethyl adjacent to an activating group) is 1. The Morgan fingerprint density at radius 1 is 1.09 bits per heavy atom. The van der Waals surface area contributed by atoms with Crippen LogP contribution in [-0.2, 0) is 11.4 Å². The van der Waals surface area contributed by atoms with E-state index in [-0.39, 0.29) is 5.91 Å². The number of thioether (sulfide) groups is 1. The number of carbonyl (C=O) groups is 1. The lowest BCUT2D eigenvalue weighted by Gasteiger charge is -2.12. The van der Waals surface area contributed by atoms with Crippen LogP contribution in [0.5, 0.6) is 11.5 Å².